The van der Waals surface area contributed by atoms with Crippen molar-refractivity contribution in [3.8, 4) is 11.3 Å². The lowest BCUT2D eigenvalue weighted by Crippen LogP contribution is -2.49. The van der Waals surface area contributed by atoms with Gasteiger partial charge in [-0.05, 0) is 97.5 Å². The predicted octanol–water partition coefficient (Wildman–Crippen LogP) is 6.22. The normalized spacial score (nSPS) is 15.8. The molecule has 14 nitrogen and oxygen atoms in total. The Morgan fingerprint density at radius 1 is 0.810 bits per heavy atom. The number of rotatable bonds is 12. The number of fused-ring (bicyclic) bond motifs is 2. The van der Waals surface area contributed by atoms with Crippen LogP contribution in [0.25, 0.3) is 11.3 Å². The van der Waals surface area contributed by atoms with Crippen LogP contribution < -0.4 is 37.2 Å². The van der Waals surface area contributed by atoms with E-state index in [0.29, 0.717) is 44.0 Å². The van der Waals surface area contributed by atoms with E-state index in [9.17, 15) is 27.6 Å². The van der Waals surface area contributed by atoms with Gasteiger partial charge >= 0.3 is 6.18 Å². The SMILES string of the molecule is NC(=O)CCNc1ccc(N2CCC(CN3CCN(c4ccc5c(c4)CCn4nc(-c6cc(F)c(C(=O)Nc7cc(C(F)(F)F)ccn7)c(F)c6)c(C(N)=O)c4N5)CC3)CC2)cc1. The number of aryl methyl sites for hydroxylation is 2. The highest BCUT2D eigenvalue weighted by Crippen LogP contribution is 2.37. The number of hydrogen-bond acceptors (Lipinski definition) is 10. The summed E-state index contributed by atoms with van der Waals surface area (Å²) in [5.41, 5.74) is 13.4. The number of aromatic nitrogens is 3. The maximum Gasteiger partial charge on any atom is 0.416 e. The van der Waals surface area contributed by atoms with E-state index < -0.39 is 46.6 Å². The molecule has 19 heteroatoms. The van der Waals surface area contributed by atoms with Gasteiger partial charge in [-0.15, -0.1) is 0 Å². The molecule has 2 fully saturated rings. The number of alkyl halides is 3. The van der Waals surface area contributed by atoms with E-state index >= 15 is 8.78 Å². The highest BCUT2D eigenvalue weighted by molar-refractivity contribution is 6.06. The second-order valence-corrected chi connectivity index (χ2v) is 16.0. The minimum atomic E-state index is -4.73. The molecule has 2 aromatic heterocycles. The van der Waals surface area contributed by atoms with Gasteiger partial charge in [0.15, 0.2) is 0 Å². The first-order chi connectivity index (χ1) is 30.2. The van der Waals surface area contributed by atoms with Crippen molar-refractivity contribution < 1.29 is 36.3 Å². The van der Waals surface area contributed by atoms with Gasteiger partial charge in [0.1, 0.15) is 40.1 Å². The number of hydrogen-bond donors (Lipinski definition) is 5. The molecule has 5 aromatic rings. The van der Waals surface area contributed by atoms with Gasteiger partial charge in [0.05, 0.1) is 5.56 Å². The van der Waals surface area contributed by atoms with E-state index in [0.717, 1.165) is 99.6 Å². The van der Waals surface area contributed by atoms with E-state index in [2.05, 4.69) is 53.6 Å². The molecule has 0 aliphatic carbocycles. The van der Waals surface area contributed by atoms with Gasteiger partial charge in [-0.25, -0.2) is 18.4 Å². The number of amides is 3. The third-order valence-electron chi connectivity index (χ3n) is 11.8. The minimum absolute atomic E-state index is 0.112. The maximum absolute atomic E-state index is 15.4. The van der Waals surface area contributed by atoms with E-state index in [1.807, 2.05) is 29.6 Å². The molecule has 2 saturated heterocycles. The third-order valence-corrected chi connectivity index (χ3v) is 11.8. The van der Waals surface area contributed by atoms with Crippen molar-refractivity contribution in [2.75, 3.05) is 78.1 Å². The number of carbonyl (C=O) groups excluding carboxylic acids is 3. The van der Waals surface area contributed by atoms with Crippen LogP contribution in [-0.2, 0) is 23.9 Å². The highest BCUT2D eigenvalue weighted by Gasteiger charge is 2.32. The lowest BCUT2D eigenvalue weighted by atomic mass is 9.95. The Kier molecular flexibility index (Phi) is 12.2. The fraction of sp³-hybridized carbons (Fsp3) is 0.341. The van der Waals surface area contributed by atoms with Crippen LogP contribution in [0.4, 0.5) is 56.3 Å². The van der Waals surface area contributed by atoms with Crippen molar-refractivity contribution in [3.63, 3.8) is 0 Å². The van der Waals surface area contributed by atoms with E-state index in [1.54, 1.807) is 0 Å². The first-order valence-electron chi connectivity index (χ1n) is 20.7. The zero-order chi connectivity index (χ0) is 44.4. The Balaban J connectivity index is 0.873. The van der Waals surface area contributed by atoms with Gasteiger partial charge in [0.2, 0.25) is 5.91 Å². The number of nitrogens with one attached hydrogen (secondary N) is 3. The predicted molar refractivity (Wildman–Crippen MR) is 229 cm³/mol. The Bertz CT molecular complexity index is 2490. The lowest BCUT2D eigenvalue weighted by molar-refractivity contribution is -0.137. The molecule has 0 atom stereocenters. The van der Waals surface area contributed by atoms with Crippen LogP contribution in [0.3, 0.4) is 0 Å². The molecule has 5 heterocycles. The number of benzene rings is 3. The smallest absolute Gasteiger partial charge is 0.385 e. The van der Waals surface area contributed by atoms with Gasteiger partial charge in [0.25, 0.3) is 11.8 Å². The number of piperazine rings is 1. The van der Waals surface area contributed by atoms with Crippen molar-refractivity contribution in [3.05, 3.63) is 107 Å². The zero-order valence-electron chi connectivity index (χ0n) is 34.2. The third kappa shape index (κ3) is 9.67. The van der Waals surface area contributed by atoms with E-state index in [-0.39, 0.29) is 28.5 Å². The van der Waals surface area contributed by atoms with Gasteiger partial charge < -0.3 is 37.2 Å². The number of nitrogens with two attached hydrogens (primary N) is 2. The van der Waals surface area contributed by atoms with Gasteiger partial charge in [0, 0.05) is 99.8 Å². The first kappa shape index (κ1) is 42.9. The summed E-state index contributed by atoms with van der Waals surface area (Å²) in [6.45, 7) is 7.53. The average molecular weight is 872 g/mol. The summed E-state index contributed by atoms with van der Waals surface area (Å²) in [4.78, 5) is 47.7. The number of primary amides is 2. The molecule has 330 valence electrons. The minimum Gasteiger partial charge on any atom is -0.385 e. The number of nitrogens with zero attached hydrogens (tertiary/aromatic N) is 6. The number of piperidine rings is 1. The molecule has 3 aliphatic rings. The van der Waals surface area contributed by atoms with Crippen molar-refractivity contribution in [2.24, 2.45) is 17.4 Å². The van der Waals surface area contributed by atoms with Crippen LogP contribution >= 0.6 is 0 Å². The molecule has 0 unspecified atom stereocenters. The monoisotopic (exact) mass is 871 g/mol. The average Bonchev–Trinajstić information content (AvgIpc) is 3.52. The van der Waals surface area contributed by atoms with Crippen molar-refractivity contribution in [1.82, 2.24) is 19.7 Å². The second-order valence-electron chi connectivity index (χ2n) is 16.0. The largest absolute Gasteiger partial charge is 0.416 e. The summed E-state index contributed by atoms with van der Waals surface area (Å²) >= 11 is 0. The first-order valence-corrected chi connectivity index (χ1v) is 20.7. The Morgan fingerprint density at radius 3 is 2.16 bits per heavy atom. The molecule has 3 aromatic carbocycles. The molecule has 8 rings (SSSR count). The molecule has 63 heavy (non-hydrogen) atoms. The van der Waals surface area contributed by atoms with Gasteiger partial charge in [-0.1, -0.05) is 0 Å². The molecular formula is C44H46F5N11O3. The van der Waals surface area contributed by atoms with E-state index in [4.69, 9.17) is 11.5 Å². The molecule has 0 spiro atoms. The van der Waals surface area contributed by atoms with Crippen LogP contribution in [0.2, 0.25) is 0 Å². The molecule has 7 N–H and O–H groups in total. The van der Waals surface area contributed by atoms with E-state index in [1.165, 1.54) is 10.4 Å². The molecule has 3 amide bonds. The molecule has 0 radical (unpaired) electrons. The van der Waals surface area contributed by atoms with Crippen LogP contribution in [-0.4, -0.2) is 89.7 Å². The lowest BCUT2D eigenvalue weighted by Gasteiger charge is -2.40. The molecule has 0 saturated carbocycles. The molecular weight excluding hydrogens is 826 g/mol. The number of carbonyl (C=O) groups is 3. The summed E-state index contributed by atoms with van der Waals surface area (Å²) in [6.07, 6.45) is -0.862. The number of anilines is 6. The summed E-state index contributed by atoms with van der Waals surface area (Å²) in [5, 5.41) is 13.0. The number of halogens is 5. The van der Waals surface area contributed by atoms with Crippen LogP contribution in [0.1, 0.15) is 51.1 Å². The maximum atomic E-state index is 15.4. The highest BCUT2D eigenvalue weighted by atomic mass is 19.4. The molecule has 3 aliphatic heterocycles. The van der Waals surface area contributed by atoms with Gasteiger partial charge in [-0.3, -0.25) is 19.3 Å². The zero-order valence-corrected chi connectivity index (χ0v) is 34.2. The standard InChI is InChI=1S/C44H46F5N11O3/c45-33-22-28(23-34(46)38(33)43(63)55-37-24-29(7-12-53-37)44(47,48)49)40-39(41(51)62)42-54-35-6-5-32(21-27(35)11-16-60(42)56-40)59-19-17-57(18-20-59)25-26-9-14-58(15-10-26)31-3-1-30(2-4-31)52-13-8-36(50)61/h1-7,12,21-24,26,52,54H,8-11,13-20,25H2,(H2,50,61)(H2,51,62)(H,53,55,63). The summed E-state index contributed by atoms with van der Waals surface area (Å²) in [6, 6.07) is 17.2. The van der Waals surface area contributed by atoms with Crippen molar-refractivity contribution in [1.29, 1.82) is 0 Å². The van der Waals surface area contributed by atoms with Crippen molar-refractivity contribution in [2.45, 2.75) is 38.4 Å². The molecule has 0 bridgehead atoms. The van der Waals surface area contributed by atoms with Crippen LogP contribution in [0.15, 0.2) is 72.9 Å². The summed E-state index contributed by atoms with van der Waals surface area (Å²) < 4.78 is 71.8. The fourth-order valence-corrected chi connectivity index (χ4v) is 8.47. The summed E-state index contributed by atoms with van der Waals surface area (Å²) in [7, 11) is 0. The Morgan fingerprint density at radius 2 is 1.49 bits per heavy atom. The fourth-order valence-electron chi connectivity index (χ4n) is 8.47. The Hall–Kier alpha value is -6.76. The topological polar surface area (TPSA) is 180 Å². The quantitative estimate of drug-likeness (QED) is 0.0905. The second kappa shape index (κ2) is 17.9. The van der Waals surface area contributed by atoms with Gasteiger partial charge in [-0.2, -0.15) is 18.3 Å². The Labute approximate surface area is 359 Å². The number of pyridine rings is 1. The van der Waals surface area contributed by atoms with Crippen LogP contribution in [0, 0.1) is 17.6 Å². The van der Waals surface area contributed by atoms with Crippen molar-refractivity contribution >= 4 is 52.1 Å². The summed E-state index contributed by atoms with van der Waals surface area (Å²) in [5.74, 6) is -4.96. The van der Waals surface area contributed by atoms with Crippen LogP contribution in [0.5, 0.6) is 0 Å².